The number of aryl methyl sites for hydroxylation is 2. The first-order valence-corrected chi connectivity index (χ1v) is 9.50. The van der Waals surface area contributed by atoms with Crippen molar-refractivity contribution < 1.29 is 4.79 Å². The SMILES string of the molecule is CCn1nc(C)c(CC(=O)N2CCN(CCc3ccncc3)CC2)c1C. The van der Waals surface area contributed by atoms with Crippen LogP contribution in [0.25, 0.3) is 0 Å². The maximum Gasteiger partial charge on any atom is 0.227 e. The van der Waals surface area contributed by atoms with Crippen molar-refractivity contribution in [3.63, 3.8) is 0 Å². The molecule has 0 aromatic carbocycles. The zero-order valence-corrected chi connectivity index (χ0v) is 16.1. The molecule has 3 rings (SSSR count). The first-order valence-electron chi connectivity index (χ1n) is 9.50. The molecule has 0 bridgehead atoms. The second kappa shape index (κ2) is 8.45. The van der Waals surface area contributed by atoms with Crippen LogP contribution in [0.15, 0.2) is 24.5 Å². The summed E-state index contributed by atoms with van der Waals surface area (Å²) in [5.74, 6) is 0.223. The molecular formula is C20H29N5O. The van der Waals surface area contributed by atoms with E-state index in [4.69, 9.17) is 0 Å². The summed E-state index contributed by atoms with van der Waals surface area (Å²) in [6.45, 7) is 11.5. The van der Waals surface area contributed by atoms with Crippen molar-refractivity contribution in [3.8, 4) is 0 Å². The molecule has 0 saturated carbocycles. The molecule has 0 aliphatic carbocycles. The molecule has 1 aliphatic heterocycles. The lowest BCUT2D eigenvalue weighted by atomic mass is 10.1. The van der Waals surface area contributed by atoms with Gasteiger partial charge in [0.15, 0.2) is 0 Å². The third-order valence-electron chi connectivity index (χ3n) is 5.35. The van der Waals surface area contributed by atoms with Crippen LogP contribution in [0.2, 0.25) is 0 Å². The van der Waals surface area contributed by atoms with Gasteiger partial charge in [-0.2, -0.15) is 5.10 Å². The van der Waals surface area contributed by atoms with Crippen molar-refractivity contribution in [2.24, 2.45) is 0 Å². The fourth-order valence-corrected chi connectivity index (χ4v) is 3.62. The minimum atomic E-state index is 0.223. The van der Waals surface area contributed by atoms with Gasteiger partial charge in [0.1, 0.15) is 0 Å². The first kappa shape index (κ1) is 18.6. The highest BCUT2D eigenvalue weighted by molar-refractivity contribution is 5.79. The average Bonchev–Trinajstić information content (AvgIpc) is 2.95. The maximum atomic E-state index is 12.7. The molecule has 1 saturated heterocycles. The number of carbonyl (C=O) groups excluding carboxylic acids is 1. The van der Waals surface area contributed by atoms with Gasteiger partial charge in [0.2, 0.25) is 5.91 Å². The summed E-state index contributed by atoms with van der Waals surface area (Å²) < 4.78 is 1.98. The summed E-state index contributed by atoms with van der Waals surface area (Å²) in [5.41, 5.74) is 4.51. The predicted molar refractivity (Wildman–Crippen MR) is 102 cm³/mol. The van der Waals surface area contributed by atoms with Gasteiger partial charge < -0.3 is 4.90 Å². The lowest BCUT2D eigenvalue weighted by molar-refractivity contribution is -0.132. The lowest BCUT2D eigenvalue weighted by Gasteiger charge is -2.34. The van der Waals surface area contributed by atoms with Gasteiger partial charge in [0, 0.05) is 62.9 Å². The zero-order valence-electron chi connectivity index (χ0n) is 16.1. The molecule has 0 radical (unpaired) electrons. The van der Waals surface area contributed by atoms with Gasteiger partial charge in [-0.15, -0.1) is 0 Å². The fraction of sp³-hybridized carbons (Fsp3) is 0.550. The van der Waals surface area contributed by atoms with Gasteiger partial charge in [-0.3, -0.25) is 19.4 Å². The fourth-order valence-electron chi connectivity index (χ4n) is 3.62. The highest BCUT2D eigenvalue weighted by Gasteiger charge is 2.23. The Labute approximate surface area is 155 Å². The molecular weight excluding hydrogens is 326 g/mol. The molecule has 1 aliphatic rings. The molecule has 0 atom stereocenters. The second-order valence-electron chi connectivity index (χ2n) is 6.97. The molecule has 0 spiro atoms. The number of rotatable bonds is 6. The van der Waals surface area contributed by atoms with Crippen molar-refractivity contribution in [1.29, 1.82) is 0 Å². The highest BCUT2D eigenvalue weighted by Crippen LogP contribution is 2.15. The third-order valence-corrected chi connectivity index (χ3v) is 5.35. The van der Waals surface area contributed by atoms with E-state index in [1.54, 1.807) is 0 Å². The Morgan fingerprint density at radius 1 is 1.12 bits per heavy atom. The van der Waals surface area contributed by atoms with Crippen LogP contribution < -0.4 is 0 Å². The van der Waals surface area contributed by atoms with Crippen LogP contribution in [-0.2, 0) is 24.2 Å². The minimum Gasteiger partial charge on any atom is -0.340 e. The van der Waals surface area contributed by atoms with E-state index in [1.807, 2.05) is 28.9 Å². The van der Waals surface area contributed by atoms with Crippen molar-refractivity contribution >= 4 is 5.91 Å². The van der Waals surface area contributed by atoms with Crippen LogP contribution in [-0.4, -0.2) is 63.2 Å². The standard InChI is InChI=1S/C20H29N5O/c1-4-25-17(3)19(16(2)22-25)15-20(26)24-13-11-23(12-14-24)10-7-18-5-8-21-9-6-18/h5-6,8-9H,4,7,10-15H2,1-3H3. The van der Waals surface area contributed by atoms with E-state index < -0.39 is 0 Å². The Balaban J connectivity index is 1.48. The number of piperazine rings is 1. The quantitative estimate of drug-likeness (QED) is 0.793. The Bertz CT molecular complexity index is 732. The molecule has 2 aromatic rings. The molecule has 6 nitrogen and oxygen atoms in total. The van der Waals surface area contributed by atoms with E-state index in [2.05, 4.69) is 41.0 Å². The van der Waals surface area contributed by atoms with E-state index in [0.29, 0.717) is 6.42 Å². The van der Waals surface area contributed by atoms with E-state index in [-0.39, 0.29) is 5.91 Å². The average molecular weight is 355 g/mol. The second-order valence-corrected chi connectivity index (χ2v) is 6.97. The van der Waals surface area contributed by atoms with Crippen LogP contribution in [0.3, 0.4) is 0 Å². The van der Waals surface area contributed by atoms with Gasteiger partial charge in [-0.05, 0) is 44.9 Å². The van der Waals surface area contributed by atoms with Crippen LogP contribution in [0.4, 0.5) is 0 Å². The van der Waals surface area contributed by atoms with Gasteiger partial charge in [0.25, 0.3) is 0 Å². The van der Waals surface area contributed by atoms with E-state index in [0.717, 1.165) is 62.6 Å². The highest BCUT2D eigenvalue weighted by atomic mass is 16.2. The van der Waals surface area contributed by atoms with Crippen molar-refractivity contribution in [3.05, 3.63) is 47.0 Å². The number of aromatic nitrogens is 3. The molecule has 26 heavy (non-hydrogen) atoms. The Kier molecular flexibility index (Phi) is 6.04. The zero-order chi connectivity index (χ0) is 18.5. The van der Waals surface area contributed by atoms with Gasteiger partial charge in [-0.1, -0.05) is 0 Å². The predicted octanol–water partition coefficient (Wildman–Crippen LogP) is 1.84. The Hall–Kier alpha value is -2.21. The number of carbonyl (C=O) groups is 1. The molecule has 140 valence electrons. The topological polar surface area (TPSA) is 54.3 Å². The molecule has 0 N–H and O–H groups in total. The third kappa shape index (κ3) is 4.30. The Morgan fingerprint density at radius 2 is 1.81 bits per heavy atom. The van der Waals surface area contributed by atoms with Crippen LogP contribution in [0.5, 0.6) is 0 Å². The minimum absolute atomic E-state index is 0.223. The molecule has 1 amide bonds. The normalized spacial score (nSPS) is 15.4. The summed E-state index contributed by atoms with van der Waals surface area (Å²) in [6, 6.07) is 4.14. The lowest BCUT2D eigenvalue weighted by Crippen LogP contribution is -2.49. The van der Waals surface area contributed by atoms with Crippen molar-refractivity contribution in [2.75, 3.05) is 32.7 Å². The number of hydrogen-bond donors (Lipinski definition) is 0. The van der Waals surface area contributed by atoms with E-state index >= 15 is 0 Å². The largest absolute Gasteiger partial charge is 0.340 e. The van der Waals surface area contributed by atoms with Crippen molar-refractivity contribution in [1.82, 2.24) is 24.6 Å². The smallest absolute Gasteiger partial charge is 0.227 e. The van der Waals surface area contributed by atoms with Gasteiger partial charge in [0.05, 0.1) is 12.1 Å². The summed E-state index contributed by atoms with van der Waals surface area (Å²) in [4.78, 5) is 21.2. The summed E-state index contributed by atoms with van der Waals surface area (Å²) in [7, 11) is 0. The van der Waals surface area contributed by atoms with Gasteiger partial charge >= 0.3 is 0 Å². The van der Waals surface area contributed by atoms with Gasteiger partial charge in [-0.25, -0.2) is 0 Å². The summed E-state index contributed by atoms with van der Waals surface area (Å²) >= 11 is 0. The number of pyridine rings is 1. The maximum absolute atomic E-state index is 12.7. The number of nitrogens with zero attached hydrogens (tertiary/aromatic N) is 5. The molecule has 1 fully saturated rings. The molecule has 6 heteroatoms. The first-order chi connectivity index (χ1) is 12.6. The monoisotopic (exact) mass is 355 g/mol. The van der Waals surface area contributed by atoms with Crippen molar-refractivity contribution in [2.45, 2.75) is 40.2 Å². The molecule has 2 aromatic heterocycles. The van der Waals surface area contributed by atoms with Crippen LogP contribution in [0, 0.1) is 13.8 Å². The number of hydrogen-bond acceptors (Lipinski definition) is 4. The summed E-state index contributed by atoms with van der Waals surface area (Å²) in [6.07, 6.45) is 5.19. The van der Waals surface area contributed by atoms with Crippen LogP contribution >= 0.6 is 0 Å². The van der Waals surface area contributed by atoms with E-state index in [1.165, 1.54) is 5.56 Å². The summed E-state index contributed by atoms with van der Waals surface area (Å²) in [5, 5.41) is 4.53. The van der Waals surface area contributed by atoms with Crippen LogP contribution in [0.1, 0.15) is 29.4 Å². The van der Waals surface area contributed by atoms with E-state index in [9.17, 15) is 4.79 Å². The molecule has 3 heterocycles. The molecule has 0 unspecified atom stereocenters. The number of amides is 1. The Morgan fingerprint density at radius 3 is 2.42 bits per heavy atom.